The van der Waals surface area contributed by atoms with Crippen LogP contribution in [-0.4, -0.2) is 43.8 Å². The van der Waals surface area contributed by atoms with Crippen LogP contribution in [0.1, 0.15) is 52.9 Å². The van der Waals surface area contributed by atoms with E-state index >= 15 is 0 Å². The highest BCUT2D eigenvalue weighted by atomic mass is 32.2. The lowest BCUT2D eigenvalue weighted by Gasteiger charge is -2.37. The number of fused-ring (bicyclic) bond motifs is 2. The van der Waals surface area contributed by atoms with Gasteiger partial charge in [-0.05, 0) is 52.9 Å². The molecule has 0 spiro atoms. The first kappa shape index (κ1) is 18.6. The summed E-state index contributed by atoms with van der Waals surface area (Å²) in [7, 11) is 0. The molecule has 0 aromatic carbocycles. The average molecular weight is 348 g/mol. The number of aliphatic hydroxyl groups is 1. The summed E-state index contributed by atoms with van der Waals surface area (Å²) in [5, 5.41) is 9.68. The molecule has 5 atom stereocenters. The molecule has 2 aliphatic heterocycles. The van der Waals surface area contributed by atoms with Gasteiger partial charge < -0.3 is 14.4 Å². The summed E-state index contributed by atoms with van der Waals surface area (Å²) in [5.74, 6) is 0. The molecule has 6 heteroatoms. The van der Waals surface area contributed by atoms with Crippen molar-refractivity contribution < 1.29 is 14.4 Å². The molecular formula is C16H29NO3S2. The van der Waals surface area contributed by atoms with Crippen LogP contribution in [0.5, 0.6) is 0 Å². The van der Waals surface area contributed by atoms with Crippen LogP contribution in [0.2, 0.25) is 0 Å². The highest BCUT2D eigenvalue weighted by Gasteiger charge is 2.36. The van der Waals surface area contributed by atoms with Crippen LogP contribution in [-0.2, 0) is 16.1 Å². The molecule has 1 fully saturated rings. The quantitative estimate of drug-likeness (QED) is 0.607. The standard InChI is InChI=1S/C16H29NO3S2/c1-16(2,3)22(19)17-13-8-5-4-7-12(11-18)21-15-10-6-9-14(13)20-15/h4-5,12-15,17-18H,6-11H2,1-3H3/b5-4-/t12?,13-,14-,15-,22?/m1/s1. The molecule has 0 amide bonds. The van der Waals surface area contributed by atoms with E-state index in [9.17, 15) is 9.66 Å². The number of allylic oxidation sites excluding steroid dienone is 1. The number of thioether (sulfide) groups is 1. The SMILES string of the molecule is CC(C)(C)[S+]([O-])N[C@@H]1C/C=C\CC(CO)S[C@@H]2CCC[C@H]1O2. The van der Waals surface area contributed by atoms with Crippen molar-refractivity contribution >= 4 is 23.1 Å². The molecule has 1 saturated heterocycles. The first-order valence-electron chi connectivity index (χ1n) is 8.15. The Kier molecular flexibility index (Phi) is 7.11. The number of nitrogens with one attached hydrogen (secondary N) is 1. The zero-order chi connectivity index (χ0) is 16.2. The van der Waals surface area contributed by atoms with Crippen LogP contribution in [0.4, 0.5) is 0 Å². The van der Waals surface area contributed by atoms with E-state index in [0.717, 1.165) is 32.1 Å². The summed E-state index contributed by atoms with van der Waals surface area (Å²) in [6.07, 6.45) is 9.24. The molecule has 0 aromatic heterocycles. The van der Waals surface area contributed by atoms with Crippen LogP contribution in [0.15, 0.2) is 12.2 Å². The van der Waals surface area contributed by atoms with Gasteiger partial charge in [-0.25, -0.2) is 0 Å². The molecule has 2 N–H and O–H groups in total. The Balaban J connectivity index is 2.07. The largest absolute Gasteiger partial charge is 0.598 e. The van der Waals surface area contributed by atoms with Gasteiger partial charge in [0.1, 0.15) is 10.2 Å². The normalized spacial score (nSPS) is 36.6. The van der Waals surface area contributed by atoms with Gasteiger partial charge in [-0.15, -0.1) is 16.5 Å². The van der Waals surface area contributed by atoms with E-state index in [1.54, 1.807) is 11.8 Å². The third-order valence-corrected chi connectivity index (χ3v) is 7.03. The van der Waals surface area contributed by atoms with Crippen LogP contribution < -0.4 is 4.72 Å². The maximum Gasteiger partial charge on any atom is 0.136 e. The number of hydrogen-bond donors (Lipinski definition) is 2. The Morgan fingerprint density at radius 1 is 1.32 bits per heavy atom. The molecule has 2 bridgehead atoms. The second-order valence-corrected chi connectivity index (χ2v) is 10.5. The van der Waals surface area contributed by atoms with E-state index in [4.69, 9.17) is 4.74 Å². The van der Waals surface area contributed by atoms with Gasteiger partial charge in [0.15, 0.2) is 0 Å². The van der Waals surface area contributed by atoms with Gasteiger partial charge in [-0.2, -0.15) is 0 Å². The fourth-order valence-electron chi connectivity index (χ4n) is 2.68. The van der Waals surface area contributed by atoms with E-state index in [1.807, 2.05) is 20.8 Å². The smallest absolute Gasteiger partial charge is 0.136 e. The van der Waals surface area contributed by atoms with E-state index in [2.05, 4.69) is 16.9 Å². The Morgan fingerprint density at radius 3 is 2.73 bits per heavy atom. The summed E-state index contributed by atoms with van der Waals surface area (Å²) in [6, 6.07) is 0.0883. The van der Waals surface area contributed by atoms with E-state index < -0.39 is 11.4 Å². The van der Waals surface area contributed by atoms with Crippen molar-refractivity contribution in [3.8, 4) is 0 Å². The highest BCUT2D eigenvalue weighted by molar-refractivity contribution is 8.00. The molecule has 22 heavy (non-hydrogen) atoms. The third kappa shape index (κ3) is 5.42. The summed E-state index contributed by atoms with van der Waals surface area (Å²) in [4.78, 5) is 0. The van der Waals surface area contributed by atoms with Gasteiger partial charge in [0.25, 0.3) is 0 Å². The van der Waals surface area contributed by atoms with Crippen molar-refractivity contribution in [1.82, 2.24) is 4.72 Å². The molecule has 2 unspecified atom stereocenters. The molecular weight excluding hydrogens is 318 g/mol. The lowest BCUT2D eigenvalue weighted by Crippen LogP contribution is -2.51. The van der Waals surface area contributed by atoms with Crippen molar-refractivity contribution in [3.05, 3.63) is 12.2 Å². The predicted molar refractivity (Wildman–Crippen MR) is 94.2 cm³/mol. The minimum absolute atomic E-state index is 0.0883. The molecule has 128 valence electrons. The van der Waals surface area contributed by atoms with E-state index in [1.165, 1.54) is 0 Å². The Labute approximate surface area is 141 Å². The fourth-order valence-corrected chi connectivity index (χ4v) is 4.81. The van der Waals surface area contributed by atoms with E-state index in [0.29, 0.717) is 0 Å². The van der Waals surface area contributed by atoms with Crippen LogP contribution in [0.25, 0.3) is 0 Å². The molecule has 0 radical (unpaired) electrons. The summed E-state index contributed by atoms with van der Waals surface area (Å²) in [6.45, 7) is 6.14. The zero-order valence-corrected chi connectivity index (χ0v) is 15.4. The van der Waals surface area contributed by atoms with Gasteiger partial charge in [-0.1, -0.05) is 12.2 Å². The average Bonchev–Trinajstić information content (AvgIpc) is 2.47. The van der Waals surface area contributed by atoms with Crippen LogP contribution in [0, 0.1) is 0 Å². The molecule has 2 aliphatic rings. The summed E-state index contributed by atoms with van der Waals surface area (Å²) >= 11 is 0.656. The number of aliphatic hydroxyl groups excluding tert-OH is 1. The Bertz CT molecular complexity index is 373. The second-order valence-electron chi connectivity index (χ2n) is 7.02. The minimum Gasteiger partial charge on any atom is -0.598 e. The molecule has 2 rings (SSSR count). The number of rotatable bonds is 3. The van der Waals surface area contributed by atoms with Crippen molar-refractivity contribution in [3.63, 3.8) is 0 Å². The highest BCUT2D eigenvalue weighted by Crippen LogP contribution is 2.34. The first-order valence-corrected chi connectivity index (χ1v) is 10.2. The van der Waals surface area contributed by atoms with Gasteiger partial charge in [-0.3, -0.25) is 0 Å². The van der Waals surface area contributed by atoms with Crippen LogP contribution in [0.3, 0.4) is 0 Å². The predicted octanol–water partition coefficient (Wildman–Crippen LogP) is 2.75. The monoisotopic (exact) mass is 347 g/mol. The summed E-state index contributed by atoms with van der Waals surface area (Å²) < 4.78 is 21.7. The van der Waals surface area contributed by atoms with Gasteiger partial charge >= 0.3 is 0 Å². The zero-order valence-electron chi connectivity index (χ0n) is 13.8. The lowest BCUT2D eigenvalue weighted by molar-refractivity contribution is -0.0211. The number of hydrogen-bond acceptors (Lipinski definition) is 5. The van der Waals surface area contributed by atoms with Crippen molar-refractivity contribution in [2.24, 2.45) is 0 Å². The maximum atomic E-state index is 12.4. The molecule has 0 aliphatic carbocycles. The second kappa shape index (κ2) is 8.40. The van der Waals surface area contributed by atoms with Gasteiger partial charge in [0, 0.05) is 16.6 Å². The molecule has 2 heterocycles. The van der Waals surface area contributed by atoms with E-state index in [-0.39, 0.29) is 34.2 Å². The molecule has 4 nitrogen and oxygen atoms in total. The van der Waals surface area contributed by atoms with Crippen molar-refractivity contribution in [2.75, 3.05) is 6.61 Å². The fraction of sp³-hybridized carbons (Fsp3) is 0.875. The maximum absolute atomic E-state index is 12.4. The summed E-state index contributed by atoms with van der Waals surface area (Å²) in [5.41, 5.74) is 0.148. The molecule has 0 saturated carbocycles. The third-order valence-electron chi connectivity index (χ3n) is 4.02. The van der Waals surface area contributed by atoms with Crippen LogP contribution >= 0.6 is 11.8 Å². The first-order chi connectivity index (χ1) is 10.4. The van der Waals surface area contributed by atoms with Gasteiger partial charge in [0.05, 0.1) is 18.8 Å². The van der Waals surface area contributed by atoms with Crippen molar-refractivity contribution in [2.45, 2.75) is 80.5 Å². The van der Waals surface area contributed by atoms with Gasteiger partial charge in [0.2, 0.25) is 0 Å². The lowest BCUT2D eigenvalue weighted by atomic mass is 10.00. The number of ether oxygens (including phenoxy) is 1. The molecule has 0 aromatic rings. The minimum atomic E-state index is -1.09. The Hall–Kier alpha value is 0.280. The van der Waals surface area contributed by atoms with Crippen molar-refractivity contribution in [1.29, 1.82) is 0 Å². The topological polar surface area (TPSA) is 64.5 Å². The Morgan fingerprint density at radius 2 is 2.05 bits per heavy atom.